The van der Waals surface area contributed by atoms with Crippen molar-refractivity contribution in [3.63, 3.8) is 0 Å². The van der Waals surface area contributed by atoms with Gasteiger partial charge in [-0.05, 0) is 47.4 Å². The predicted molar refractivity (Wildman–Crippen MR) is 165 cm³/mol. The van der Waals surface area contributed by atoms with Crippen LogP contribution in [0.1, 0.15) is 60.5 Å². The van der Waals surface area contributed by atoms with Crippen LogP contribution in [0, 0.1) is 5.41 Å². The Balaban J connectivity index is 1.32. The molecule has 2 fully saturated rings. The van der Waals surface area contributed by atoms with E-state index >= 15 is 0 Å². The number of halogens is 2. The Hall–Kier alpha value is -3.22. The summed E-state index contributed by atoms with van der Waals surface area (Å²) in [5.41, 5.74) is -5.02. The van der Waals surface area contributed by atoms with Crippen molar-refractivity contribution in [2.75, 3.05) is 26.2 Å². The van der Waals surface area contributed by atoms with Crippen LogP contribution in [0.2, 0.25) is 0 Å². The van der Waals surface area contributed by atoms with Gasteiger partial charge >= 0.3 is 13.3 Å². The van der Waals surface area contributed by atoms with Crippen molar-refractivity contribution in [3.05, 3.63) is 70.6 Å². The molecule has 0 radical (unpaired) electrons. The number of nitrogens with zero attached hydrogens (tertiary/aromatic N) is 2. The van der Waals surface area contributed by atoms with E-state index in [-0.39, 0.29) is 28.2 Å². The number of hydrogen-bond acceptors (Lipinski definition) is 6. The van der Waals surface area contributed by atoms with E-state index in [9.17, 15) is 27.7 Å². The van der Waals surface area contributed by atoms with Crippen molar-refractivity contribution >= 4 is 46.7 Å². The van der Waals surface area contributed by atoms with E-state index in [1.807, 2.05) is 30.3 Å². The lowest BCUT2D eigenvalue weighted by molar-refractivity contribution is -0.150. The molecule has 14 heteroatoms. The Kier molecular flexibility index (Phi) is 9.23. The number of carbonyl (C=O) groups is 3. The van der Waals surface area contributed by atoms with Crippen molar-refractivity contribution in [3.8, 4) is 0 Å². The maximum Gasteiger partial charge on any atom is 0.399 e. The van der Waals surface area contributed by atoms with Gasteiger partial charge in [0.2, 0.25) is 11.8 Å². The summed E-state index contributed by atoms with van der Waals surface area (Å²) in [5, 5.41) is 3.02. The first kappa shape index (κ1) is 33.2. The van der Waals surface area contributed by atoms with Crippen LogP contribution in [0.15, 0.2) is 54.6 Å². The highest BCUT2D eigenvalue weighted by atomic mass is 32.1. The molecule has 2 aliphatic heterocycles. The fraction of sp³-hybridized carbons (Fsp3) is 0.452. The first-order chi connectivity index (χ1) is 21.1. The predicted octanol–water partition coefficient (Wildman–Crippen LogP) is 4.86. The summed E-state index contributed by atoms with van der Waals surface area (Å²) in [7, 11) is -5.76. The van der Waals surface area contributed by atoms with Gasteiger partial charge in [-0.15, -0.1) is 11.3 Å². The molecule has 10 nitrogen and oxygen atoms in total. The zero-order valence-corrected chi connectivity index (χ0v) is 26.8. The van der Waals surface area contributed by atoms with Crippen LogP contribution in [-0.2, 0) is 24.6 Å². The van der Waals surface area contributed by atoms with Crippen molar-refractivity contribution in [1.29, 1.82) is 0 Å². The molecule has 242 valence electrons. The molecular weight excluding hydrogens is 627 g/mol. The van der Waals surface area contributed by atoms with Crippen LogP contribution in [0.25, 0.3) is 10.1 Å². The smallest absolute Gasteiger partial charge is 0.370 e. The van der Waals surface area contributed by atoms with E-state index in [0.29, 0.717) is 43.8 Å². The van der Waals surface area contributed by atoms with Gasteiger partial charge in [0.1, 0.15) is 18.2 Å². The fourth-order valence-electron chi connectivity index (χ4n) is 5.74. The molecule has 1 aromatic heterocycles. The summed E-state index contributed by atoms with van der Waals surface area (Å²) in [6, 6.07) is 12.5. The second kappa shape index (κ2) is 12.5. The zero-order chi connectivity index (χ0) is 32.7. The Bertz CT molecular complexity index is 1640. The summed E-state index contributed by atoms with van der Waals surface area (Å²) in [4.78, 5) is 62.8. The maximum absolute atomic E-state index is 14.3. The van der Waals surface area contributed by atoms with Gasteiger partial charge in [0, 0.05) is 23.4 Å². The molecule has 2 saturated heterocycles. The number of alkyl halides is 2. The Labute approximate surface area is 263 Å². The van der Waals surface area contributed by atoms with Crippen molar-refractivity contribution in [2.24, 2.45) is 5.41 Å². The van der Waals surface area contributed by atoms with Gasteiger partial charge in [0.15, 0.2) is 0 Å². The fourth-order valence-corrected chi connectivity index (χ4v) is 7.17. The minimum Gasteiger partial charge on any atom is -0.370 e. The molecule has 0 bridgehead atoms. The SMILES string of the molecule is CC(C)(C)C(NC(=O)c1cc2cc(C(F)(F)P(=O)(O)O)ccc2s1)C(=O)N1CCC[C@H]1C(=O)N1CCO[C@H](c2ccccc2)C1. The minimum absolute atomic E-state index is 0.137. The topological polar surface area (TPSA) is 136 Å². The number of benzene rings is 2. The summed E-state index contributed by atoms with van der Waals surface area (Å²) in [5.74, 6) is -1.14. The average Bonchev–Trinajstić information content (AvgIpc) is 3.66. The number of amides is 3. The van der Waals surface area contributed by atoms with Crippen LogP contribution >= 0.6 is 18.9 Å². The van der Waals surface area contributed by atoms with E-state index in [4.69, 9.17) is 14.5 Å². The van der Waals surface area contributed by atoms with Gasteiger partial charge < -0.3 is 29.6 Å². The Morgan fingerprint density at radius 2 is 1.78 bits per heavy atom. The van der Waals surface area contributed by atoms with E-state index in [0.717, 1.165) is 29.0 Å². The first-order valence-corrected chi connectivity index (χ1v) is 17.0. The highest BCUT2D eigenvalue weighted by Gasteiger charge is 2.50. The molecule has 0 saturated carbocycles. The monoisotopic (exact) mass is 663 g/mol. The number of nitrogens with one attached hydrogen (secondary N) is 1. The highest BCUT2D eigenvalue weighted by Crippen LogP contribution is 2.59. The molecule has 3 aromatic rings. The van der Waals surface area contributed by atoms with Crippen LogP contribution < -0.4 is 5.32 Å². The van der Waals surface area contributed by atoms with Gasteiger partial charge in [0.05, 0.1) is 18.0 Å². The van der Waals surface area contributed by atoms with E-state index in [2.05, 4.69) is 5.32 Å². The summed E-state index contributed by atoms with van der Waals surface area (Å²) >= 11 is 1.00. The number of carbonyl (C=O) groups excluding carboxylic acids is 3. The van der Waals surface area contributed by atoms with E-state index < -0.39 is 42.2 Å². The molecule has 0 aliphatic carbocycles. The molecule has 1 unspecified atom stereocenters. The van der Waals surface area contributed by atoms with Crippen molar-refractivity contribution in [1.82, 2.24) is 15.1 Å². The summed E-state index contributed by atoms with van der Waals surface area (Å²) < 4.78 is 46.3. The normalized spacial score (nSPS) is 20.3. The molecule has 3 amide bonds. The van der Waals surface area contributed by atoms with E-state index in [1.54, 1.807) is 30.6 Å². The number of likely N-dealkylation sites (tertiary alicyclic amines) is 1. The lowest BCUT2D eigenvalue weighted by atomic mass is 9.85. The van der Waals surface area contributed by atoms with Crippen molar-refractivity contribution in [2.45, 2.75) is 57.5 Å². The standard InChI is InChI=1S/C31H36F2N3O7PS/c1-30(2,3)26(34-27(37)25-17-20-16-21(11-12-24(20)45-25)31(32,33)44(40,41)42)29(39)36-13-7-10-22(36)28(38)35-14-15-43-23(18-35)19-8-5-4-6-9-19/h4-6,8-9,11-12,16-17,22-23,26H,7,10,13-15,18H2,1-3H3,(H,34,37)(H2,40,41,42)/t22-,23-,26?/m0/s1. The molecule has 3 atom stereocenters. The summed E-state index contributed by atoms with van der Waals surface area (Å²) in [6.45, 7) is 6.93. The molecule has 0 spiro atoms. The van der Waals surface area contributed by atoms with Crippen molar-refractivity contribution < 1.29 is 42.3 Å². The number of ether oxygens (including phenoxy) is 1. The third-order valence-corrected chi connectivity index (χ3v) is 10.3. The molecular formula is C31H36F2N3O7PS. The van der Waals surface area contributed by atoms with E-state index in [1.165, 1.54) is 12.1 Å². The quantitative estimate of drug-likeness (QED) is 0.307. The van der Waals surface area contributed by atoms with Gasteiger partial charge in [-0.25, -0.2) is 0 Å². The van der Waals surface area contributed by atoms with Gasteiger partial charge in [-0.2, -0.15) is 8.78 Å². The third kappa shape index (κ3) is 6.83. The molecule has 5 rings (SSSR count). The number of rotatable bonds is 7. The Morgan fingerprint density at radius 1 is 1.07 bits per heavy atom. The molecule has 3 N–H and O–H groups in total. The summed E-state index contributed by atoms with van der Waals surface area (Å²) in [6.07, 6.45) is 0.870. The number of morpholine rings is 1. The second-order valence-corrected chi connectivity index (χ2v) is 15.2. The van der Waals surface area contributed by atoms with Gasteiger partial charge in [-0.3, -0.25) is 18.9 Å². The minimum atomic E-state index is -5.76. The van der Waals surface area contributed by atoms with Crippen LogP contribution in [-0.4, -0.2) is 75.6 Å². The molecule has 3 heterocycles. The molecule has 2 aromatic carbocycles. The Morgan fingerprint density at radius 3 is 2.44 bits per heavy atom. The third-order valence-electron chi connectivity index (χ3n) is 8.21. The molecule has 45 heavy (non-hydrogen) atoms. The lowest BCUT2D eigenvalue weighted by Gasteiger charge is -2.38. The lowest BCUT2D eigenvalue weighted by Crippen LogP contribution is -2.58. The maximum atomic E-state index is 14.3. The highest BCUT2D eigenvalue weighted by molar-refractivity contribution is 7.52. The number of thiophene rings is 1. The molecule has 2 aliphatic rings. The van der Waals surface area contributed by atoms with Gasteiger partial charge in [-0.1, -0.05) is 57.2 Å². The largest absolute Gasteiger partial charge is 0.399 e. The van der Waals surface area contributed by atoms with Gasteiger partial charge in [0.25, 0.3) is 5.91 Å². The van der Waals surface area contributed by atoms with Crippen LogP contribution in [0.5, 0.6) is 0 Å². The van der Waals surface area contributed by atoms with Crippen LogP contribution in [0.3, 0.4) is 0 Å². The number of hydrogen-bond donors (Lipinski definition) is 3. The first-order valence-electron chi connectivity index (χ1n) is 14.6. The zero-order valence-electron chi connectivity index (χ0n) is 25.1. The average molecular weight is 664 g/mol. The van der Waals surface area contributed by atoms with Crippen LogP contribution in [0.4, 0.5) is 8.78 Å². The number of fused-ring (bicyclic) bond motifs is 1. The second-order valence-electron chi connectivity index (χ2n) is 12.5.